The van der Waals surface area contributed by atoms with Crippen LogP contribution in [0.1, 0.15) is 46.6 Å². The maximum absolute atomic E-state index is 14.2. The molecular formula is C47H43N3O6. The van der Waals surface area contributed by atoms with Crippen molar-refractivity contribution in [2.24, 2.45) is 0 Å². The Labute approximate surface area is 326 Å². The molecule has 0 radical (unpaired) electrons. The van der Waals surface area contributed by atoms with Gasteiger partial charge in [0.15, 0.2) is 0 Å². The molecule has 0 aliphatic heterocycles. The molecule has 282 valence electrons. The summed E-state index contributed by atoms with van der Waals surface area (Å²) < 4.78 is 16.7. The fraction of sp³-hybridized carbons (Fsp3) is 0.170. The average molecular weight is 746 g/mol. The molecule has 0 aromatic heterocycles. The highest BCUT2D eigenvalue weighted by Gasteiger charge is 2.38. The van der Waals surface area contributed by atoms with Crippen LogP contribution in [0.4, 0.5) is 10.5 Å². The van der Waals surface area contributed by atoms with Crippen molar-refractivity contribution in [1.82, 2.24) is 10.6 Å². The van der Waals surface area contributed by atoms with E-state index >= 15 is 0 Å². The highest BCUT2D eigenvalue weighted by atomic mass is 16.5. The number of alkyl carbamates (subject to hydrolysis) is 1. The quantitative estimate of drug-likeness (QED) is 0.0965. The standard InChI is InChI=1S/C47H43N3O6/c1-54-35-26-28-43(55-2)42(30-35)48-45(52)41(49-46(53)56-31-40-38-24-14-12-22-36(38)37-23-13-15-25-39(37)40)27-29-44(51)50-47(32-16-6-3-7-17-32,33-18-8-4-9-19-33)34-20-10-5-11-21-34/h3-26,28,30,40-41H,27,29,31H2,1-2H3,(H,48,52)(H,49,53)(H,50,51)/t41-/m0/s1. The number of carbonyl (C=O) groups excluding carboxylic acids is 3. The summed E-state index contributed by atoms with van der Waals surface area (Å²) in [5.74, 6) is -0.156. The first-order valence-electron chi connectivity index (χ1n) is 18.5. The second kappa shape index (κ2) is 17.1. The Morgan fingerprint density at radius 2 is 1.16 bits per heavy atom. The van der Waals surface area contributed by atoms with Gasteiger partial charge in [0.25, 0.3) is 0 Å². The monoisotopic (exact) mass is 745 g/mol. The first-order valence-corrected chi connectivity index (χ1v) is 18.5. The van der Waals surface area contributed by atoms with Crippen molar-refractivity contribution in [3.05, 3.63) is 186 Å². The van der Waals surface area contributed by atoms with Gasteiger partial charge in [0.2, 0.25) is 11.8 Å². The minimum Gasteiger partial charge on any atom is -0.497 e. The molecule has 9 nitrogen and oxygen atoms in total. The lowest BCUT2D eigenvalue weighted by Gasteiger charge is -2.37. The Morgan fingerprint density at radius 3 is 1.68 bits per heavy atom. The number of methoxy groups -OCH3 is 2. The number of hydrogen-bond donors (Lipinski definition) is 3. The molecule has 6 aromatic carbocycles. The molecule has 56 heavy (non-hydrogen) atoms. The van der Waals surface area contributed by atoms with E-state index in [9.17, 15) is 14.4 Å². The van der Waals surface area contributed by atoms with Crippen molar-refractivity contribution in [3.8, 4) is 22.6 Å². The number of amides is 3. The summed E-state index contributed by atoms with van der Waals surface area (Å²) in [5.41, 5.74) is 6.22. The van der Waals surface area contributed by atoms with Gasteiger partial charge in [-0.05, 0) is 57.5 Å². The molecule has 1 aliphatic rings. The van der Waals surface area contributed by atoms with Gasteiger partial charge >= 0.3 is 6.09 Å². The van der Waals surface area contributed by atoms with E-state index in [2.05, 4.69) is 28.1 Å². The number of ether oxygens (including phenoxy) is 3. The number of nitrogens with one attached hydrogen (secondary N) is 3. The largest absolute Gasteiger partial charge is 0.497 e. The summed E-state index contributed by atoms with van der Waals surface area (Å²) in [5, 5.41) is 8.97. The molecule has 1 atom stereocenters. The Bertz CT molecular complexity index is 2160. The Morgan fingerprint density at radius 1 is 0.643 bits per heavy atom. The lowest BCUT2D eigenvalue weighted by Crippen LogP contribution is -2.49. The van der Waals surface area contributed by atoms with Gasteiger partial charge < -0.3 is 30.2 Å². The van der Waals surface area contributed by atoms with E-state index in [0.29, 0.717) is 17.2 Å². The third-order valence-electron chi connectivity index (χ3n) is 10.2. The molecule has 0 unspecified atom stereocenters. The maximum atomic E-state index is 14.2. The number of hydrogen-bond acceptors (Lipinski definition) is 6. The van der Waals surface area contributed by atoms with Crippen LogP contribution < -0.4 is 25.4 Å². The average Bonchev–Trinajstić information content (AvgIpc) is 3.57. The summed E-state index contributed by atoms with van der Waals surface area (Å²) in [7, 11) is 3.01. The topological polar surface area (TPSA) is 115 Å². The molecule has 0 bridgehead atoms. The van der Waals surface area contributed by atoms with Crippen LogP contribution in [0, 0.1) is 0 Å². The van der Waals surface area contributed by atoms with E-state index in [0.717, 1.165) is 38.9 Å². The summed E-state index contributed by atoms with van der Waals surface area (Å²) >= 11 is 0. The zero-order chi connectivity index (χ0) is 38.9. The molecule has 3 N–H and O–H groups in total. The van der Waals surface area contributed by atoms with Crippen LogP contribution in [0.2, 0.25) is 0 Å². The predicted octanol–water partition coefficient (Wildman–Crippen LogP) is 8.44. The van der Waals surface area contributed by atoms with E-state index in [1.807, 2.05) is 127 Å². The lowest BCUT2D eigenvalue weighted by molar-refractivity contribution is -0.123. The first-order chi connectivity index (χ1) is 27.4. The smallest absolute Gasteiger partial charge is 0.407 e. The fourth-order valence-electron chi connectivity index (χ4n) is 7.51. The summed E-state index contributed by atoms with van der Waals surface area (Å²) in [6.45, 7) is 0.0616. The normalized spacial score (nSPS) is 12.4. The van der Waals surface area contributed by atoms with Crippen molar-refractivity contribution in [2.75, 3.05) is 26.1 Å². The van der Waals surface area contributed by atoms with E-state index in [1.165, 1.54) is 14.2 Å². The molecule has 1 aliphatic carbocycles. The molecule has 0 saturated heterocycles. The number of carbonyl (C=O) groups is 3. The molecule has 6 aromatic rings. The van der Waals surface area contributed by atoms with Gasteiger partial charge in [0.1, 0.15) is 29.7 Å². The maximum Gasteiger partial charge on any atom is 0.407 e. The van der Waals surface area contributed by atoms with Gasteiger partial charge in [-0.25, -0.2) is 4.79 Å². The predicted molar refractivity (Wildman–Crippen MR) is 217 cm³/mol. The number of fused-ring (bicyclic) bond motifs is 3. The Balaban J connectivity index is 1.14. The number of rotatable bonds is 14. The van der Waals surface area contributed by atoms with E-state index in [1.54, 1.807) is 18.2 Å². The third kappa shape index (κ3) is 7.84. The number of benzene rings is 6. The minimum atomic E-state index is -1.16. The summed E-state index contributed by atoms with van der Waals surface area (Å²) in [4.78, 5) is 41.9. The van der Waals surface area contributed by atoms with Crippen LogP contribution in [-0.2, 0) is 19.9 Å². The zero-order valence-electron chi connectivity index (χ0n) is 31.2. The van der Waals surface area contributed by atoms with Crippen molar-refractivity contribution in [2.45, 2.75) is 30.3 Å². The molecule has 3 amide bonds. The van der Waals surface area contributed by atoms with Crippen molar-refractivity contribution < 1.29 is 28.6 Å². The zero-order valence-corrected chi connectivity index (χ0v) is 31.2. The van der Waals surface area contributed by atoms with E-state index < -0.39 is 23.6 Å². The van der Waals surface area contributed by atoms with Gasteiger partial charge in [-0.3, -0.25) is 9.59 Å². The van der Waals surface area contributed by atoms with Gasteiger partial charge in [0, 0.05) is 18.4 Å². The van der Waals surface area contributed by atoms with Crippen molar-refractivity contribution >= 4 is 23.6 Å². The highest BCUT2D eigenvalue weighted by molar-refractivity contribution is 5.98. The van der Waals surface area contributed by atoms with Crippen molar-refractivity contribution in [3.63, 3.8) is 0 Å². The molecular weight excluding hydrogens is 703 g/mol. The second-order valence-electron chi connectivity index (χ2n) is 13.5. The molecule has 0 saturated carbocycles. The van der Waals surface area contributed by atoms with Gasteiger partial charge in [-0.2, -0.15) is 0 Å². The molecule has 0 heterocycles. The van der Waals surface area contributed by atoms with Crippen LogP contribution in [0.25, 0.3) is 11.1 Å². The summed E-state index contributed by atoms with van der Waals surface area (Å²) in [6.07, 6.45) is -0.925. The van der Waals surface area contributed by atoms with Crippen LogP contribution in [0.5, 0.6) is 11.5 Å². The highest BCUT2D eigenvalue weighted by Crippen LogP contribution is 2.44. The molecule has 0 fully saturated rings. The molecule has 7 rings (SSSR count). The summed E-state index contributed by atoms with van der Waals surface area (Å²) in [6, 6.07) is 49.3. The second-order valence-corrected chi connectivity index (χ2v) is 13.5. The van der Waals surface area contributed by atoms with Crippen LogP contribution >= 0.6 is 0 Å². The molecule has 0 spiro atoms. The van der Waals surface area contributed by atoms with Crippen LogP contribution in [0.3, 0.4) is 0 Å². The third-order valence-corrected chi connectivity index (χ3v) is 10.2. The van der Waals surface area contributed by atoms with E-state index in [-0.39, 0.29) is 31.3 Å². The molecule has 9 heteroatoms. The van der Waals surface area contributed by atoms with Crippen molar-refractivity contribution in [1.29, 1.82) is 0 Å². The first kappa shape index (κ1) is 37.4. The lowest BCUT2D eigenvalue weighted by atomic mass is 9.77. The van der Waals surface area contributed by atoms with Gasteiger partial charge in [-0.1, -0.05) is 140 Å². The van der Waals surface area contributed by atoms with Gasteiger partial charge in [-0.15, -0.1) is 0 Å². The SMILES string of the molecule is COc1ccc(OC)c(NC(=O)[C@H](CCC(=O)NC(c2ccccc2)(c2ccccc2)c2ccccc2)NC(=O)OCC2c3ccccc3-c3ccccc32)c1. The Hall–Kier alpha value is -6.87. The van der Waals surface area contributed by atoms with Crippen LogP contribution in [-0.4, -0.2) is 44.8 Å². The fourth-order valence-corrected chi connectivity index (χ4v) is 7.51. The van der Waals surface area contributed by atoms with E-state index in [4.69, 9.17) is 14.2 Å². The van der Waals surface area contributed by atoms with Crippen LogP contribution in [0.15, 0.2) is 158 Å². The van der Waals surface area contributed by atoms with Gasteiger partial charge in [0.05, 0.1) is 19.9 Å². The number of anilines is 1. The minimum absolute atomic E-state index is 0.0391. The Kier molecular flexibility index (Phi) is 11.4.